The number of rotatable bonds is 2. The zero-order chi connectivity index (χ0) is 5.91. The molecule has 0 heterocycles. The van der Waals surface area contributed by atoms with Gasteiger partial charge in [-0.05, 0) is 0 Å². The minimum Gasteiger partial charge on any atom is -0.449 e. The summed E-state index contributed by atoms with van der Waals surface area (Å²) >= 11 is 0. The van der Waals surface area contributed by atoms with Crippen LogP contribution in [0.25, 0.3) is 0 Å². The Labute approximate surface area is 89.0 Å². The molecule has 5 heteroatoms. The molecule has 0 aromatic heterocycles. The van der Waals surface area contributed by atoms with Crippen LogP contribution in [0.2, 0.25) is 6.32 Å². The Balaban J connectivity index is 0. The van der Waals surface area contributed by atoms with E-state index in [4.69, 9.17) is 0 Å². The van der Waals surface area contributed by atoms with Crippen LogP contribution in [-0.2, 0) is 0 Å². The van der Waals surface area contributed by atoms with Crippen molar-refractivity contribution in [3.8, 4) is 0 Å². The summed E-state index contributed by atoms with van der Waals surface area (Å²) in [5, 5.41) is 0. The average molecular weight is 148 g/mol. The van der Waals surface area contributed by atoms with Gasteiger partial charge >= 0.3 is 58.4 Å². The first kappa shape index (κ1) is 12.0. The van der Waals surface area contributed by atoms with E-state index in [-0.39, 0.29) is 51.4 Å². The van der Waals surface area contributed by atoms with Crippen molar-refractivity contribution >= 4 is 6.98 Å². The van der Waals surface area contributed by atoms with Gasteiger partial charge in [-0.15, -0.1) is 12.7 Å². The molecule has 0 amide bonds. The number of halogens is 3. The van der Waals surface area contributed by atoms with Crippen LogP contribution in [0, 0.1) is 0 Å². The minimum atomic E-state index is -4.61. The number of hydrogen-bond donors (Lipinski definition) is 0. The Morgan fingerprint density at radius 2 is 1.75 bits per heavy atom. The second-order valence-corrected chi connectivity index (χ2v) is 1.23. The van der Waals surface area contributed by atoms with Crippen LogP contribution in [0.1, 0.15) is 0 Å². The minimum absolute atomic E-state index is 0. The van der Waals surface area contributed by atoms with E-state index < -0.39 is 13.3 Å². The Hall–Kier alpha value is 1.23. The van der Waals surface area contributed by atoms with Crippen molar-refractivity contribution in [1.29, 1.82) is 0 Å². The molecule has 0 atom stereocenters. The normalized spacial score (nSPS) is 9.88. The van der Waals surface area contributed by atoms with Crippen molar-refractivity contribution in [2.24, 2.45) is 0 Å². The molecule has 8 heavy (non-hydrogen) atoms. The largest absolute Gasteiger partial charge is 1.00 e. The zero-order valence-corrected chi connectivity index (χ0v) is 7.83. The molecule has 0 rings (SSSR count). The topological polar surface area (TPSA) is 0 Å². The molecule has 0 aromatic carbocycles. The molecule has 0 aliphatic rings. The maximum absolute atomic E-state index is 11.0. The Morgan fingerprint density at radius 1 is 1.38 bits per heavy atom. The van der Waals surface area contributed by atoms with Crippen molar-refractivity contribution < 1.29 is 64.3 Å². The molecule has 42 valence electrons. The zero-order valence-electron chi connectivity index (χ0n) is 4.70. The molecule has 0 radical (unpaired) electrons. The second kappa shape index (κ2) is 5.05. The maximum Gasteiger partial charge on any atom is 1.00 e. The van der Waals surface area contributed by atoms with E-state index >= 15 is 0 Å². The van der Waals surface area contributed by atoms with Gasteiger partial charge in [-0.1, -0.05) is 6.32 Å². The molecule has 0 bridgehead atoms. The van der Waals surface area contributed by atoms with Gasteiger partial charge in [0.2, 0.25) is 0 Å². The van der Waals surface area contributed by atoms with Crippen molar-refractivity contribution in [3.63, 3.8) is 0 Å². The summed E-state index contributed by atoms with van der Waals surface area (Å²) in [6, 6.07) is 0. The van der Waals surface area contributed by atoms with Gasteiger partial charge in [-0.25, -0.2) is 0 Å². The van der Waals surface area contributed by atoms with E-state index in [0.717, 1.165) is 6.08 Å². The van der Waals surface area contributed by atoms with Crippen LogP contribution >= 0.6 is 0 Å². The monoisotopic (exact) mass is 148 g/mol. The van der Waals surface area contributed by atoms with Crippen LogP contribution in [0.3, 0.4) is 0 Å². The van der Waals surface area contributed by atoms with Gasteiger partial charge in [0.1, 0.15) is 0 Å². The third kappa shape index (κ3) is 10.3. The number of allylic oxidation sites excluding steroid dienone is 1. The molecular formula is C3H5BF3K. The summed E-state index contributed by atoms with van der Waals surface area (Å²) in [7, 11) is 0. The molecule has 0 spiro atoms. The average Bonchev–Trinajstić information content (AvgIpc) is 1.30. The molecule has 0 aliphatic carbocycles. The summed E-state index contributed by atoms with van der Waals surface area (Å²) in [5.74, 6) is 0. The van der Waals surface area contributed by atoms with Gasteiger partial charge in [0.25, 0.3) is 0 Å². The third-order valence-electron chi connectivity index (χ3n) is 0.434. The summed E-state index contributed by atoms with van der Waals surface area (Å²) in [6.07, 6.45) is 0.0278. The van der Waals surface area contributed by atoms with Gasteiger partial charge in [-0.2, -0.15) is 0 Å². The SMILES string of the molecule is C=CC[B-](F)(F)F.[K+]. The fourth-order valence-corrected chi connectivity index (χ4v) is 0.189. The van der Waals surface area contributed by atoms with Crippen molar-refractivity contribution in [2.75, 3.05) is 0 Å². The van der Waals surface area contributed by atoms with Gasteiger partial charge in [-0.3, -0.25) is 0 Å². The molecule has 0 fully saturated rings. The maximum atomic E-state index is 11.0. The quantitative estimate of drug-likeness (QED) is 0.349. The van der Waals surface area contributed by atoms with Crippen LogP contribution in [0.5, 0.6) is 0 Å². The molecule has 0 saturated carbocycles. The molecule has 0 aromatic rings. The molecule has 0 N–H and O–H groups in total. The standard InChI is InChI=1S/C3H5BF3.K/c1-2-3-4(5,6)7;/h2H,1,3H2;/q-1;+1. The predicted molar refractivity (Wildman–Crippen MR) is 24.1 cm³/mol. The molecule has 0 unspecified atom stereocenters. The fraction of sp³-hybridized carbons (Fsp3) is 0.333. The number of hydrogen-bond acceptors (Lipinski definition) is 0. The van der Waals surface area contributed by atoms with Crippen LogP contribution in [0.15, 0.2) is 12.7 Å². The van der Waals surface area contributed by atoms with E-state index in [2.05, 4.69) is 6.58 Å². The van der Waals surface area contributed by atoms with Gasteiger partial charge < -0.3 is 12.9 Å². The van der Waals surface area contributed by atoms with Crippen LogP contribution in [-0.4, -0.2) is 6.98 Å². The van der Waals surface area contributed by atoms with E-state index in [0.29, 0.717) is 0 Å². The molecule has 0 saturated heterocycles. The summed E-state index contributed by atoms with van der Waals surface area (Å²) in [4.78, 5) is 0. The van der Waals surface area contributed by atoms with Crippen molar-refractivity contribution in [2.45, 2.75) is 6.32 Å². The summed E-state index contributed by atoms with van der Waals surface area (Å²) in [5.41, 5.74) is 0. The van der Waals surface area contributed by atoms with E-state index in [9.17, 15) is 12.9 Å². The summed E-state index contributed by atoms with van der Waals surface area (Å²) in [6.45, 7) is -1.67. The fourth-order valence-electron chi connectivity index (χ4n) is 0.189. The van der Waals surface area contributed by atoms with Crippen molar-refractivity contribution in [3.05, 3.63) is 12.7 Å². The van der Waals surface area contributed by atoms with E-state index in [1.54, 1.807) is 0 Å². The van der Waals surface area contributed by atoms with Gasteiger partial charge in [0.05, 0.1) is 0 Å². The first-order chi connectivity index (χ1) is 3.06. The van der Waals surface area contributed by atoms with Crippen LogP contribution < -0.4 is 51.4 Å². The Bertz CT molecular complexity index is 69.4. The van der Waals surface area contributed by atoms with E-state index in [1.807, 2.05) is 0 Å². The van der Waals surface area contributed by atoms with Crippen LogP contribution in [0.4, 0.5) is 12.9 Å². The molecule has 0 aliphatic heterocycles. The Morgan fingerprint density at radius 3 is 1.75 bits per heavy atom. The van der Waals surface area contributed by atoms with Gasteiger partial charge in [0.15, 0.2) is 0 Å². The van der Waals surface area contributed by atoms with Gasteiger partial charge in [0, 0.05) is 0 Å². The van der Waals surface area contributed by atoms with Crippen molar-refractivity contribution in [1.82, 2.24) is 0 Å². The predicted octanol–water partition coefficient (Wildman–Crippen LogP) is -0.976. The Kier molecular flexibility index (Phi) is 7.55. The first-order valence-electron chi connectivity index (χ1n) is 1.88. The third-order valence-corrected chi connectivity index (χ3v) is 0.434. The summed E-state index contributed by atoms with van der Waals surface area (Å²) < 4.78 is 33.1. The molecular weight excluding hydrogens is 143 g/mol. The second-order valence-electron chi connectivity index (χ2n) is 1.23. The first-order valence-corrected chi connectivity index (χ1v) is 1.88. The van der Waals surface area contributed by atoms with E-state index in [1.165, 1.54) is 0 Å². The smallest absolute Gasteiger partial charge is 0.449 e. The molecule has 0 nitrogen and oxygen atoms in total.